The van der Waals surface area contributed by atoms with Gasteiger partial charge in [0.05, 0.1) is 18.8 Å². The smallest absolute Gasteiger partial charge is 0.217 e. The minimum Gasteiger partial charge on any atom is -0.388 e. The molecule has 4 N–H and O–H groups in total. The van der Waals surface area contributed by atoms with Crippen molar-refractivity contribution >= 4 is 5.91 Å². The molecule has 8 heteroatoms. The number of amides is 1. The van der Waals surface area contributed by atoms with E-state index in [0.29, 0.717) is 24.9 Å². The van der Waals surface area contributed by atoms with Crippen LogP contribution in [-0.4, -0.2) is 57.9 Å². The molecule has 1 aliphatic heterocycles. The first kappa shape index (κ1) is 33.9. The molecule has 0 spiro atoms. The third kappa shape index (κ3) is 4.68. The number of rotatable bonds is 5. The fourth-order valence-electron chi connectivity index (χ4n) is 10.2. The van der Waals surface area contributed by atoms with Gasteiger partial charge in [-0.05, 0) is 66.6 Å². The van der Waals surface area contributed by atoms with Crippen LogP contribution >= 0.6 is 0 Å². The maximum atomic E-state index is 12.2. The molecule has 2 bridgehead atoms. The molecule has 3 fully saturated rings. The van der Waals surface area contributed by atoms with Gasteiger partial charge in [0.15, 0.2) is 0 Å². The van der Waals surface area contributed by atoms with Gasteiger partial charge < -0.3 is 20.3 Å². The Labute approximate surface area is 271 Å². The molecule has 7 nitrogen and oxygen atoms in total. The predicted molar refractivity (Wildman–Crippen MR) is 147 cm³/mol. The van der Waals surface area contributed by atoms with E-state index in [4.69, 9.17) is 9.62 Å². The van der Waals surface area contributed by atoms with E-state index >= 15 is 0 Å². The van der Waals surface area contributed by atoms with Crippen molar-refractivity contribution in [3.8, 4) is 0 Å². The van der Waals surface area contributed by atoms with E-state index in [2.05, 4.69) is 67.6 Å². The summed E-state index contributed by atoms with van der Waals surface area (Å²) in [6.07, 6.45) is -0.542. The normalized spacial score (nSPS) is 47.2. The van der Waals surface area contributed by atoms with Gasteiger partial charge in [0.25, 0.3) is 0 Å². The summed E-state index contributed by atoms with van der Waals surface area (Å²) in [5.74, 6) is 0.596. The molecule has 1 saturated heterocycles. The monoisotopic (exact) mass is 762 g/mol. The second-order valence-corrected chi connectivity index (χ2v) is 14.6. The second kappa shape index (κ2) is 11.2. The first-order chi connectivity index (χ1) is 17.4. The Balaban J connectivity index is 0.00000420. The van der Waals surface area contributed by atoms with E-state index in [-0.39, 0.29) is 96.0 Å². The molecule has 221 valence electrons. The molecule has 1 amide bonds. The fourth-order valence-corrected chi connectivity index (χ4v) is 10.2. The van der Waals surface area contributed by atoms with Gasteiger partial charge in [0, 0.05) is 62.8 Å². The summed E-state index contributed by atoms with van der Waals surface area (Å²) >= 11 is 0. The van der Waals surface area contributed by atoms with Crippen LogP contribution in [0.4, 0.5) is 0 Å². The molecular weight excluding hydrogens is 709 g/mol. The zero-order valence-corrected chi connectivity index (χ0v) is 30.8. The van der Waals surface area contributed by atoms with E-state index in [1.165, 1.54) is 18.1 Å². The Morgan fingerprint density at radius 3 is 2.21 bits per heavy atom. The van der Waals surface area contributed by atoms with E-state index in [1.807, 2.05) is 0 Å². The van der Waals surface area contributed by atoms with Crippen LogP contribution < -0.4 is 5.32 Å². The summed E-state index contributed by atoms with van der Waals surface area (Å²) < 4.78 is 5.98. The Hall–Kier alpha value is 0.452. The number of ether oxygens (including phenoxy) is 1. The van der Waals surface area contributed by atoms with Gasteiger partial charge in [-0.3, -0.25) is 10.1 Å². The van der Waals surface area contributed by atoms with E-state index < -0.39 is 23.9 Å². The zero-order chi connectivity index (χ0) is 28.7. The number of hydrogen-bond donors (Lipinski definition) is 4. The molecular formula is C31H53AcNO6. The number of aliphatic hydroxyl groups is 2. The van der Waals surface area contributed by atoms with Gasteiger partial charge in [-0.15, -0.1) is 0 Å². The van der Waals surface area contributed by atoms with Crippen LogP contribution in [0.5, 0.6) is 0 Å². The van der Waals surface area contributed by atoms with Crippen molar-refractivity contribution in [3.05, 3.63) is 11.1 Å². The maximum Gasteiger partial charge on any atom is 0.217 e. The Morgan fingerprint density at radius 2 is 1.72 bits per heavy atom. The van der Waals surface area contributed by atoms with Crippen molar-refractivity contribution in [1.29, 1.82) is 0 Å². The molecule has 1 radical (unpaired) electrons. The van der Waals surface area contributed by atoms with Gasteiger partial charge in [-0.2, -0.15) is 0 Å². The fraction of sp³-hybridized carbons (Fsp3) is 0.903. The molecule has 2 saturated carbocycles. The van der Waals surface area contributed by atoms with Crippen LogP contribution in [-0.2, 0) is 14.4 Å². The standard InChI is InChI=1S/C31H53NO6.Ac/c1-15-12-23-31(35,14-37-23)27-19(5)29(10)13-22(26(38-36)25(34)20(6)32-21(7)33)17(3)24(28(29,8)9)16(2)18(4)30(15,27)11;/h15-16,18-20,22-23,25-27,34-36H,12-14H2,1-11H3,(H,32,33);/t15?,16?,18?,19?,20?,22?,23?,25?,26-,27?,29?,30-,31-;/m0./s1. The summed E-state index contributed by atoms with van der Waals surface area (Å²) in [5.41, 5.74) is 1.14. The van der Waals surface area contributed by atoms with Gasteiger partial charge >= 0.3 is 0 Å². The molecule has 3 aliphatic carbocycles. The Bertz CT molecular complexity index is 986. The van der Waals surface area contributed by atoms with E-state index in [9.17, 15) is 20.3 Å². The van der Waals surface area contributed by atoms with Crippen molar-refractivity contribution in [1.82, 2.24) is 5.32 Å². The Kier molecular flexibility index (Phi) is 9.73. The van der Waals surface area contributed by atoms with Crippen molar-refractivity contribution in [2.45, 2.75) is 119 Å². The second-order valence-electron chi connectivity index (χ2n) is 14.6. The van der Waals surface area contributed by atoms with Gasteiger partial charge in [0.1, 0.15) is 17.8 Å². The molecule has 39 heavy (non-hydrogen) atoms. The maximum absolute atomic E-state index is 12.2. The molecule has 0 aromatic carbocycles. The van der Waals surface area contributed by atoms with E-state index in [1.54, 1.807) is 6.92 Å². The summed E-state index contributed by atoms with van der Waals surface area (Å²) in [6.45, 7) is 24.5. The van der Waals surface area contributed by atoms with Crippen molar-refractivity contribution in [2.24, 2.45) is 51.8 Å². The molecule has 0 aromatic rings. The summed E-state index contributed by atoms with van der Waals surface area (Å²) in [7, 11) is 0. The number of aliphatic hydroxyl groups excluding tert-OH is 1. The topological polar surface area (TPSA) is 108 Å². The van der Waals surface area contributed by atoms with Crippen LogP contribution in [0.2, 0.25) is 0 Å². The van der Waals surface area contributed by atoms with Crippen molar-refractivity contribution in [2.75, 3.05) is 6.61 Å². The summed E-state index contributed by atoms with van der Waals surface area (Å²) in [6, 6.07) is -0.583. The Morgan fingerprint density at radius 1 is 1.13 bits per heavy atom. The van der Waals surface area contributed by atoms with Gasteiger partial charge in [-0.25, -0.2) is 4.89 Å². The quantitative estimate of drug-likeness (QED) is 0.182. The zero-order valence-electron chi connectivity index (χ0n) is 26.0. The number of hydrogen-bond acceptors (Lipinski definition) is 6. The van der Waals surface area contributed by atoms with Crippen molar-refractivity contribution < 1.29 is 74.0 Å². The molecule has 13 atom stereocenters. The van der Waals surface area contributed by atoms with Crippen LogP contribution in [0.15, 0.2) is 11.1 Å². The van der Waals surface area contributed by atoms with Gasteiger partial charge in [-0.1, -0.05) is 66.5 Å². The number of fused-ring (bicyclic) bond motifs is 5. The van der Waals surface area contributed by atoms with Crippen LogP contribution in [0, 0.1) is 95.8 Å². The molecule has 4 rings (SSSR count). The first-order valence-corrected chi connectivity index (χ1v) is 14.7. The number of nitrogens with one attached hydrogen (secondary N) is 1. The molecule has 4 aliphatic rings. The van der Waals surface area contributed by atoms with Gasteiger partial charge in [0.2, 0.25) is 5.91 Å². The predicted octanol–water partition coefficient (Wildman–Crippen LogP) is 4.81. The molecule has 10 unspecified atom stereocenters. The van der Waals surface area contributed by atoms with E-state index in [0.717, 1.165) is 6.42 Å². The first-order valence-electron chi connectivity index (χ1n) is 14.7. The largest absolute Gasteiger partial charge is 0.388 e. The number of carbonyl (C=O) groups excluding carboxylic acids is 1. The molecule has 1 heterocycles. The summed E-state index contributed by atoms with van der Waals surface area (Å²) in [5, 5.41) is 36.4. The summed E-state index contributed by atoms with van der Waals surface area (Å²) in [4.78, 5) is 16.8. The molecule has 0 aromatic heterocycles. The van der Waals surface area contributed by atoms with Crippen molar-refractivity contribution in [3.63, 3.8) is 0 Å². The average Bonchev–Trinajstić information content (AvgIpc) is 2.82. The van der Waals surface area contributed by atoms with Crippen LogP contribution in [0.1, 0.15) is 89.0 Å². The SMILES string of the molecule is CC(=O)NC(C)C(O)[C@@H](OO)C1CC2(C)C(C)C3[C@]4(O)COC4CC(C)[C@@]3(C)C(C)C(C)C(=C1C)C2(C)C.[Ac]. The average molecular weight is 763 g/mol. The van der Waals surface area contributed by atoms with Crippen LogP contribution in [0.25, 0.3) is 0 Å². The third-order valence-corrected chi connectivity index (χ3v) is 13.1. The van der Waals surface area contributed by atoms with Crippen LogP contribution in [0.3, 0.4) is 0 Å². The minimum atomic E-state index is -1.09. The third-order valence-electron chi connectivity index (χ3n) is 13.1. The minimum absolute atomic E-state index is 0. The number of allylic oxidation sites excluding steroid dienone is 1. The number of carbonyl (C=O) groups is 1.